The van der Waals surface area contributed by atoms with E-state index in [9.17, 15) is 9.59 Å². The molecule has 2 heterocycles. The lowest BCUT2D eigenvalue weighted by Crippen LogP contribution is -2.46. The van der Waals surface area contributed by atoms with Crippen molar-refractivity contribution in [2.45, 2.75) is 84.2 Å². The Balaban J connectivity index is 1.47. The minimum Gasteiger partial charge on any atom is -0.478 e. The molecule has 1 amide bonds. The maximum absolute atomic E-state index is 13.2. The first kappa shape index (κ1) is 21.8. The van der Waals surface area contributed by atoms with Gasteiger partial charge in [0.15, 0.2) is 0 Å². The lowest BCUT2D eigenvalue weighted by molar-refractivity contribution is -0.163. The van der Waals surface area contributed by atoms with Gasteiger partial charge < -0.3 is 14.8 Å². The van der Waals surface area contributed by atoms with E-state index in [-0.39, 0.29) is 17.8 Å². The van der Waals surface area contributed by atoms with Crippen molar-refractivity contribution in [3.8, 4) is 5.88 Å². The lowest BCUT2D eigenvalue weighted by Gasteiger charge is -2.40. The van der Waals surface area contributed by atoms with E-state index in [1.54, 1.807) is 0 Å². The van der Waals surface area contributed by atoms with E-state index >= 15 is 0 Å². The van der Waals surface area contributed by atoms with Crippen molar-refractivity contribution in [3.63, 3.8) is 0 Å². The molecule has 0 unspecified atom stereocenters. The average molecular weight is 427 g/mol. The number of hydrogen-bond donors (Lipinski definition) is 1. The number of hydrogen-bond acceptors (Lipinski definition) is 5. The normalized spacial score (nSPS) is 26.3. The van der Waals surface area contributed by atoms with Gasteiger partial charge in [0.2, 0.25) is 11.8 Å². The van der Waals surface area contributed by atoms with Gasteiger partial charge in [-0.2, -0.15) is 0 Å². The molecule has 0 saturated heterocycles. The van der Waals surface area contributed by atoms with Gasteiger partial charge in [0.05, 0.1) is 23.6 Å². The Hall–Kier alpha value is -2.37. The van der Waals surface area contributed by atoms with Gasteiger partial charge in [-0.1, -0.05) is 6.08 Å². The maximum Gasteiger partial charge on any atom is 0.309 e. The fourth-order valence-corrected chi connectivity index (χ4v) is 4.68. The van der Waals surface area contributed by atoms with Gasteiger partial charge in [-0.05, 0) is 78.7 Å². The Labute approximate surface area is 184 Å². The molecule has 31 heavy (non-hydrogen) atoms. The lowest BCUT2D eigenvalue weighted by atomic mass is 9.66. The molecular weight excluding hydrogens is 392 g/mol. The quantitative estimate of drug-likeness (QED) is 0.688. The van der Waals surface area contributed by atoms with Gasteiger partial charge in [0.25, 0.3) is 0 Å². The SMILES string of the molecule is CCOc1ccc(C2=CCC3(CCC(C(=O)OC(C)(C)C)CC3)C(=O)N2)c(C2CC2)n1. The summed E-state index contributed by atoms with van der Waals surface area (Å²) in [7, 11) is 0. The highest BCUT2D eigenvalue weighted by atomic mass is 16.6. The van der Waals surface area contributed by atoms with Crippen molar-refractivity contribution in [2.24, 2.45) is 11.3 Å². The number of nitrogens with one attached hydrogen (secondary N) is 1. The average Bonchev–Trinajstić information content (AvgIpc) is 3.55. The predicted molar refractivity (Wildman–Crippen MR) is 118 cm³/mol. The van der Waals surface area contributed by atoms with E-state index in [0.29, 0.717) is 50.5 Å². The highest BCUT2D eigenvalue weighted by Crippen LogP contribution is 2.47. The van der Waals surface area contributed by atoms with Gasteiger partial charge in [0, 0.05) is 23.2 Å². The van der Waals surface area contributed by atoms with E-state index in [1.165, 1.54) is 0 Å². The first-order valence-corrected chi connectivity index (χ1v) is 11.6. The van der Waals surface area contributed by atoms with Crippen LogP contribution in [0.3, 0.4) is 0 Å². The van der Waals surface area contributed by atoms with Gasteiger partial charge >= 0.3 is 5.97 Å². The summed E-state index contributed by atoms with van der Waals surface area (Å²) in [6.45, 7) is 8.21. The van der Waals surface area contributed by atoms with Crippen molar-refractivity contribution >= 4 is 17.6 Å². The second-order valence-electron chi connectivity index (χ2n) is 10.2. The fourth-order valence-electron chi connectivity index (χ4n) is 4.68. The molecule has 0 aromatic carbocycles. The molecule has 2 fully saturated rings. The molecule has 0 atom stereocenters. The van der Waals surface area contributed by atoms with Crippen LogP contribution in [0.1, 0.15) is 89.8 Å². The number of esters is 1. The van der Waals surface area contributed by atoms with Crippen molar-refractivity contribution in [1.29, 1.82) is 0 Å². The topological polar surface area (TPSA) is 77.5 Å². The molecule has 1 aliphatic heterocycles. The summed E-state index contributed by atoms with van der Waals surface area (Å²) in [5.41, 5.74) is 2.01. The summed E-state index contributed by atoms with van der Waals surface area (Å²) in [6.07, 6.45) is 7.94. The molecule has 3 aliphatic rings. The number of aromatic nitrogens is 1. The Morgan fingerprint density at radius 2 is 1.90 bits per heavy atom. The highest BCUT2D eigenvalue weighted by molar-refractivity contribution is 5.94. The van der Waals surface area contributed by atoms with Crippen molar-refractivity contribution < 1.29 is 19.1 Å². The monoisotopic (exact) mass is 426 g/mol. The Bertz CT molecular complexity index is 887. The summed E-state index contributed by atoms with van der Waals surface area (Å²) < 4.78 is 11.1. The zero-order valence-electron chi connectivity index (χ0n) is 19.1. The molecular formula is C25H34N2O4. The predicted octanol–water partition coefficient (Wildman–Crippen LogP) is 4.74. The summed E-state index contributed by atoms with van der Waals surface area (Å²) in [5.74, 6) is 0.925. The molecule has 4 rings (SSSR count). The summed E-state index contributed by atoms with van der Waals surface area (Å²) in [6, 6.07) is 3.91. The van der Waals surface area contributed by atoms with E-state index in [4.69, 9.17) is 14.5 Å². The van der Waals surface area contributed by atoms with Crippen LogP contribution in [0, 0.1) is 11.3 Å². The second-order valence-corrected chi connectivity index (χ2v) is 10.2. The highest BCUT2D eigenvalue weighted by Gasteiger charge is 2.45. The number of nitrogens with zero attached hydrogens (tertiary/aromatic N) is 1. The number of pyridine rings is 1. The molecule has 2 aliphatic carbocycles. The van der Waals surface area contributed by atoms with Gasteiger partial charge in [0.1, 0.15) is 5.60 Å². The smallest absolute Gasteiger partial charge is 0.309 e. The Kier molecular flexibility index (Phi) is 5.84. The minimum absolute atomic E-state index is 0.0725. The molecule has 168 valence electrons. The van der Waals surface area contributed by atoms with Crippen LogP contribution in [0.15, 0.2) is 18.2 Å². The van der Waals surface area contributed by atoms with Crippen molar-refractivity contribution in [1.82, 2.24) is 10.3 Å². The molecule has 6 nitrogen and oxygen atoms in total. The number of allylic oxidation sites excluding steroid dienone is 1. The zero-order chi connectivity index (χ0) is 22.2. The van der Waals surface area contributed by atoms with Crippen LogP contribution >= 0.6 is 0 Å². The molecule has 0 bridgehead atoms. The number of amides is 1. The fraction of sp³-hybridized carbons (Fsp3) is 0.640. The van der Waals surface area contributed by atoms with Gasteiger partial charge in [-0.25, -0.2) is 4.98 Å². The molecule has 6 heteroatoms. The summed E-state index contributed by atoms with van der Waals surface area (Å²) >= 11 is 0. The van der Waals surface area contributed by atoms with E-state index in [0.717, 1.165) is 29.8 Å². The first-order valence-electron chi connectivity index (χ1n) is 11.6. The van der Waals surface area contributed by atoms with Crippen LogP contribution in [0.5, 0.6) is 5.88 Å². The number of carbonyl (C=O) groups excluding carboxylic acids is 2. The first-order chi connectivity index (χ1) is 14.7. The number of rotatable bonds is 5. The van der Waals surface area contributed by atoms with Crippen LogP contribution in [-0.2, 0) is 14.3 Å². The molecule has 1 aromatic rings. The molecule has 1 spiro atoms. The summed E-state index contributed by atoms with van der Waals surface area (Å²) in [4.78, 5) is 30.4. The van der Waals surface area contributed by atoms with Crippen LogP contribution in [0.4, 0.5) is 0 Å². The number of carbonyl (C=O) groups is 2. The largest absolute Gasteiger partial charge is 0.478 e. The van der Waals surface area contributed by atoms with Crippen LogP contribution in [0.25, 0.3) is 5.70 Å². The third-order valence-electron chi connectivity index (χ3n) is 6.56. The summed E-state index contributed by atoms with van der Waals surface area (Å²) in [5, 5.41) is 3.18. The molecule has 2 saturated carbocycles. The molecule has 0 radical (unpaired) electrons. The van der Waals surface area contributed by atoms with E-state index in [2.05, 4.69) is 11.4 Å². The zero-order valence-corrected chi connectivity index (χ0v) is 19.1. The Morgan fingerprint density at radius 1 is 1.19 bits per heavy atom. The molecule has 1 aromatic heterocycles. The Morgan fingerprint density at radius 3 is 2.48 bits per heavy atom. The van der Waals surface area contributed by atoms with Crippen LogP contribution in [-0.4, -0.2) is 29.1 Å². The second kappa shape index (κ2) is 8.29. The number of ether oxygens (including phenoxy) is 2. The van der Waals surface area contributed by atoms with Crippen molar-refractivity contribution in [2.75, 3.05) is 6.61 Å². The van der Waals surface area contributed by atoms with E-state index < -0.39 is 11.0 Å². The van der Waals surface area contributed by atoms with Crippen LogP contribution < -0.4 is 10.1 Å². The van der Waals surface area contributed by atoms with Crippen molar-refractivity contribution in [3.05, 3.63) is 29.5 Å². The van der Waals surface area contributed by atoms with E-state index in [1.807, 2.05) is 39.8 Å². The third kappa shape index (κ3) is 4.78. The van der Waals surface area contributed by atoms with Gasteiger partial charge in [-0.3, -0.25) is 9.59 Å². The molecule has 1 N–H and O–H groups in total. The standard InChI is InChI=1S/C25H34N2O4/c1-5-30-20-9-8-18(21(27-20)16-6-7-16)19-12-15-25(23(29)26-19)13-10-17(11-14-25)22(28)31-24(2,3)4/h8-9,12,16-17H,5-7,10-11,13-15H2,1-4H3,(H,26,29). The van der Waals surface area contributed by atoms with Gasteiger partial charge in [-0.15, -0.1) is 0 Å². The minimum atomic E-state index is -0.475. The van der Waals surface area contributed by atoms with Crippen LogP contribution in [0.2, 0.25) is 0 Å². The maximum atomic E-state index is 13.2. The third-order valence-corrected chi connectivity index (χ3v) is 6.56.